The van der Waals surface area contributed by atoms with Crippen molar-refractivity contribution in [3.8, 4) is 17.5 Å². The van der Waals surface area contributed by atoms with E-state index in [-0.39, 0.29) is 23.6 Å². The summed E-state index contributed by atoms with van der Waals surface area (Å²) in [5.41, 5.74) is 1.68. The van der Waals surface area contributed by atoms with E-state index in [0.29, 0.717) is 5.75 Å². The van der Waals surface area contributed by atoms with E-state index in [9.17, 15) is 10.1 Å². The molecule has 25 heavy (non-hydrogen) atoms. The quantitative estimate of drug-likeness (QED) is 0.586. The van der Waals surface area contributed by atoms with Crippen LogP contribution < -0.4 is 9.47 Å². The van der Waals surface area contributed by atoms with Crippen LogP contribution in [0.15, 0.2) is 24.5 Å². The van der Waals surface area contributed by atoms with Gasteiger partial charge in [-0.25, -0.2) is 0 Å². The van der Waals surface area contributed by atoms with Gasteiger partial charge in [0.2, 0.25) is 0 Å². The second-order valence-corrected chi connectivity index (χ2v) is 6.39. The number of aromatic nitrogens is 2. The maximum absolute atomic E-state index is 11.6. The van der Waals surface area contributed by atoms with E-state index in [4.69, 9.17) is 9.47 Å². The van der Waals surface area contributed by atoms with Crippen molar-refractivity contribution < 1.29 is 14.4 Å². The van der Waals surface area contributed by atoms with Crippen LogP contribution in [-0.2, 0) is 0 Å². The van der Waals surface area contributed by atoms with Gasteiger partial charge in [0.25, 0.3) is 0 Å². The summed E-state index contributed by atoms with van der Waals surface area (Å²) in [6, 6.07) is 5.61. The molecule has 7 heteroatoms. The van der Waals surface area contributed by atoms with Crippen LogP contribution in [0.2, 0.25) is 0 Å². The maximum atomic E-state index is 11.6. The average molecular weight is 343 g/mol. The second kappa shape index (κ2) is 7.46. The minimum atomic E-state index is -0.545. The van der Waals surface area contributed by atoms with E-state index >= 15 is 0 Å². The van der Waals surface area contributed by atoms with Crippen molar-refractivity contribution in [3.63, 3.8) is 0 Å². The van der Waals surface area contributed by atoms with Crippen molar-refractivity contribution in [2.45, 2.75) is 52.1 Å². The lowest BCUT2D eigenvalue weighted by Gasteiger charge is -2.22. The molecule has 7 nitrogen and oxygen atoms in total. The molecule has 1 heterocycles. The normalized spacial score (nSPS) is 15.0. The largest absolute Gasteiger partial charge is 0.469 e. The van der Waals surface area contributed by atoms with Gasteiger partial charge in [-0.2, -0.15) is 9.97 Å². The lowest BCUT2D eigenvalue weighted by atomic mass is 9.98. The molecule has 1 aromatic carbocycles. The predicted molar refractivity (Wildman–Crippen MR) is 92.2 cm³/mol. The third kappa shape index (κ3) is 4.23. The number of rotatable bonds is 5. The third-order valence-corrected chi connectivity index (χ3v) is 4.18. The van der Waals surface area contributed by atoms with Crippen LogP contribution in [0.4, 0.5) is 5.69 Å². The first kappa shape index (κ1) is 17.1. The van der Waals surface area contributed by atoms with Gasteiger partial charge in [0, 0.05) is 0 Å². The number of hydrogen-bond donors (Lipinski definition) is 0. The maximum Gasteiger partial charge on any atom is 0.392 e. The van der Waals surface area contributed by atoms with E-state index in [2.05, 4.69) is 9.97 Å². The summed E-state index contributed by atoms with van der Waals surface area (Å²) in [5, 5.41) is 11.6. The Labute approximate surface area is 146 Å². The summed E-state index contributed by atoms with van der Waals surface area (Å²) in [6.07, 6.45) is 6.26. The zero-order valence-corrected chi connectivity index (χ0v) is 14.4. The van der Waals surface area contributed by atoms with Crippen molar-refractivity contribution in [1.82, 2.24) is 9.97 Å². The Morgan fingerprint density at radius 2 is 1.68 bits per heavy atom. The first-order valence-electron chi connectivity index (χ1n) is 8.45. The highest BCUT2D eigenvalue weighted by atomic mass is 16.6. The zero-order chi connectivity index (χ0) is 17.8. The Bertz CT molecular complexity index is 753. The highest BCUT2D eigenvalue weighted by Crippen LogP contribution is 2.37. The molecule has 0 unspecified atom stereocenters. The number of hydrogen-bond acceptors (Lipinski definition) is 6. The molecule has 1 saturated carbocycles. The molecule has 0 aliphatic heterocycles. The van der Waals surface area contributed by atoms with Crippen LogP contribution in [0.1, 0.15) is 43.2 Å². The molecule has 1 fully saturated rings. The smallest absolute Gasteiger partial charge is 0.392 e. The Hall–Kier alpha value is -2.70. The fraction of sp³-hybridized carbons (Fsp3) is 0.444. The van der Waals surface area contributed by atoms with Crippen LogP contribution >= 0.6 is 0 Å². The van der Waals surface area contributed by atoms with Gasteiger partial charge < -0.3 is 9.47 Å². The third-order valence-electron chi connectivity index (χ3n) is 4.18. The highest BCUT2D eigenvalue weighted by molar-refractivity contribution is 5.51. The Morgan fingerprint density at radius 3 is 2.32 bits per heavy atom. The molecule has 0 bridgehead atoms. The number of aryl methyl sites for hydroxylation is 2. The van der Waals surface area contributed by atoms with Crippen molar-refractivity contribution in [3.05, 3.63) is 45.8 Å². The topological polar surface area (TPSA) is 87.4 Å². The number of ether oxygens (including phenoxy) is 2. The summed E-state index contributed by atoms with van der Waals surface area (Å²) in [6.45, 7) is 3.87. The molecular weight excluding hydrogens is 322 g/mol. The first-order chi connectivity index (χ1) is 12.0. The van der Waals surface area contributed by atoms with E-state index in [0.717, 1.165) is 36.8 Å². The van der Waals surface area contributed by atoms with Gasteiger partial charge in [-0.3, -0.25) is 10.1 Å². The minimum Gasteiger partial charge on any atom is -0.469 e. The Kier molecular flexibility index (Phi) is 5.11. The molecule has 3 rings (SSSR count). The van der Waals surface area contributed by atoms with Crippen molar-refractivity contribution in [2.24, 2.45) is 0 Å². The molecule has 1 aromatic heterocycles. The molecular formula is C18H21N3O4. The lowest BCUT2D eigenvalue weighted by Crippen LogP contribution is -2.21. The van der Waals surface area contributed by atoms with Gasteiger partial charge in [-0.05, 0) is 62.8 Å². The van der Waals surface area contributed by atoms with Gasteiger partial charge in [0.1, 0.15) is 18.2 Å². The molecule has 0 spiro atoms. The summed E-state index contributed by atoms with van der Waals surface area (Å²) in [4.78, 5) is 19.0. The minimum absolute atomic E-state index is 0.0220. The fourth-order valence-corrected chi connectivity index (χ4v) is 3.11. The summed E-state index contributed by atoms with van der Waals surface area (Å²) in [5.74, 6) is 0.380. The number of nitrogens with zero attached hydrogens (tertiary/aromatic N) is 3. The summed E-state index contributed by atoms with van der Waals surface area (Å²) < 4.78 is 11.5. The number of nitro groups is 1. The Morgan fingerprint density at radius 1 is 1.04 bits per heavy atom. The molecule has 0 atom stereocenters. The zero-order valence-electron chi connectivity index (χ0n) is 14.4. The van der Waals surface area contributed by atoms with Crippen LogP contribution in [0.25, 0.3) is 0 Å². The molecule has 1 aliphatic carbocycles. The van der Waals surface area contributed by atoms with Crippen LogP contribution in [-0.4, -0.2) is 21.0 Å². The molecule has 132 valence electrons. The van der Waals surface area contributed by atoms with Crippen LogP contribution in [0, 0.1) is 24.0 Å². The monoisotopic (exact) mass is 343 g/mol. The summed E-state index contributed by atoms with van der Waals surface area (Å²) >= 11 is 0. The molecule has 0 radical (unpaired) electrons. The van der Waals surface area contributed by atoms with Crippen LogP contribution in [0.3, 0.4) is 0 Å². The highest BCUT2D eigenvalue weighted by Gasteiger charge is 2.29. The second-order valence-electron chi connectivity index (χ2n) is 6.39. The molecule has 0 N–H and O–H groups in total. The summed E-state index contributed by atoms with van der Waals surface area (Å²) in [7, 11) is 0. The lowest BCUT2D eigenvalue weighted by molar-refractivity contribution is -0.387. The van der Waals surface area contributed by atoms with E-state index in [1.807, 2.05) is 19.9 Å². The van der Waals surface area contributed by atoms with Crippen molar-refractivity contribution in [2.75, 3.05) is 0 Å². The molecule has 2 aromatic rings. The molecule has 0 amide bonds. The van der Waals surface area contributed by atoms with E-state index in [1.54, 1.807) is 12.1 Å². The number of benzene rings is 1. The van der Waals surface area contributed by atoms with E-state index in [1.165, 1.54) is 12.7 Å². The van der Waals surface area contributed by atoms with Gasteiger partial charge in [0.15, 0.2) is 0 Å². The average Bonchev–Trinajstić information content (AvgIpc) is 2.54. The Balaban J connectivity index is 1.90. The van der Waals surface area contributed by atoms with Crippen LogP contribution in [0.5, 0.6) is 17.5 Å². The molecule has 0 saturated heterocycles. The molecule has 1 aliphatic rings. The van der Waals surface area contributed by atoms with Gasteiger partial charge in [-0.1, -0.05) is 12.5 Å². The first-order valence-corrected chi connectivity index (χ1v) is 8.45. The van der Waals surface area contributed by atoms with Crippen molar-refractivity contribution >= 4 is 5.69 Å². The SMILES string of the molecule is Cc1cc(C)cc(Oc2ncnc(OC3CCCCC3)c2[N+](=O)[O-])c1. The fourth-order valence-electron chi connectivity index (χ4n) is 3.11. The van der Waals surface area contributed by atoms with Gasteiger partial charge >= 0.3 is 17.4 Å². The standard InChI is InChI=1S/C18H21N3O4/c1-12-8-13(2)10-15(9-12)25-18-16(21(22)23)17(19-11-20-18)24-14-6-4-3-5-7-14/h8-11,14H,3-7H2,1-2H3. The van der Waals surface area contributed by atoms with E-state index < -0.39 is 4.92 Å². The predicted octanol–water partition coefficient (Wildman–Crippen LogP) is 4.51. The van der Waals surface area contributed by atoms with Gasteiger partial charge in [0.05, 0.1) is 4.92 Å². The van der Waals surface area contributed by atoms with Gasteiger partial charge in [-0.15, -0.1) is 0 Å². The van der Waals surface area contributed by atoms with Crippen molar-refractivity contribution in [1.29, 1.82) is 0 Å².